The molecule has 0 heterocycles. The molecule has 0 fully saturated rings. The standard InChI is InChI=1S/C12H18N2O3/c1-14(2)11(15)8-17-12-9(7-13)5-4-6-10(12)16-3/h4-6H,7-8,13H2,1-3H3. The summed E-state index contributed by atoms with van der Waals surface area (Å²) in [6.07, 6.45) is 0. The van der Waals surface area contributed by atoms with Crippen LogP contribution in [-0.2, 0) is 11.3 Å². The van der Waals surface area contributed by atoms with E-state index in [-0.39, 0.29) is 12.5 Å². The lowest BCUT2D eigenvalue weighted by Gasteiger charge is -2.15. The van der Waals surface area contributed by atoms with Crippen molar-refractivity contribution >= 4 is 5.91 Å². The smallest absolute Gasteiger partial charge is 0.259 e. The Hall–Kier alpha value is -1.75. The van der Waals surface area contributed by atoms with Crippen LogP contribution in [0.1, 0.15) is 5.56 Å². The van der Waals surface area contributed by atoms with Gasteiger partial charge < -0.3 is 20.1 Å². The molecule has 2 N–H and O–H groups in total. The van der Waals surface area contributed by atoms with E-state index in [1.54, 1.807) is 27.3 Å². The van der Waals surface area contributed by atoms with Gasteiger partial charge in [0.05, 0.1) is 7.11 Å². The number of para-hydroxylation sites is 1. The lowest BCUT2D eigenvalue weighted by atomic mass is 10.2. The van der Waals surface area contributed by atoms with E-state index in [9.17, 15) is 4.79 Å². The second-order valence-corrected chi connectivity index (χ2v) is 3.73. The van der Waals surface area contributed by atoms with E-state index < -0.39 is 0 Å². The van der Waals surface area contributed by atoms with Gasteiger partial charge in [0.1, 0.15) is 0 Å². The molecule has 5 heteroatoms. The van der Waals surface area contributed by atoms with E-state index in [1.165, 1.54) is 4.90 Å². The highest BCUT2D eigenvalue weighted by molar-refractivity contribution is 5.77. The number of amides is 1. The largest absolute Gasteiger partial charge is 0.493 e. The second kappa shape index (κ2) is 6.10. The Bertz CT molecular complexity index is 369. The van der Waals surface area contributed by atoms with Gasteiger partial charge in [-0.2, -0.15) is 0 Å². The summed E-state index contributed by atoms with van der Waals surface area (Å²) in [6, 6.07) is 5.45. The fourth-order valence-electron chi connectivity index (χ4n) is 1.31. The van der Waals surface area contributed by atoms with Gasteiger partial charge in [-0.05, 0) is 6.07 Å². The molecule has 0 aromatic heterocycles. The van der Waals surface area contributed by atoms with Gasteiger partial charge in [-0.25, -0.2) is 0 Å². The van der Waals surface area contributed by atoms with Gasteiger partial charge in [-0.15, -0.1) is 0 Å². The molecular formula is C12H18N2O3. The van der Waals surface area contributed by atoms with Gasteiger partial charge in [-0.3, -0.25) is 4.79 Å². The summed E-state index contributed by atoms with van der Waals surface area (Å²) < 4.78 is 10.7. The maximum absolute atomic E-state index is 11.4. The molecule has 1 aromatic carbocycles. The molecule has 0 aliphatic rings. The molecule has 0 saturated carbocycles. The SMILES string of the molecule is COc1cccc(CN)c1OCC(=O)N(C)C. The molecule has 0 aliphatic heterocycles. The molecular weight excluding hydrogens is 220 g/mol. The number of carbonyl (C=O) groups excluding carboxylic acids is 1. The number of hydrogen-bond donors (Lipinski definition) is 1. The molecule has 0 bridgehead atoms. The normalized spacial score (nSPS) is 9.88. The number of rotatable bonds is 5. The first-order valence-corrected chi connectivity index (χ1v) is 5.29. The van der Waals surface area contributed by atoms with Crippen molar-refractivity contribution in [2.45, 2.75) is 6.54 Å². The highest BCUT2D eigenvalue weighted by atomic mass is 16.5. The Morgan fingerprint density at radius 3 is 2.65 bits per heavy atom. The van der Waals surface area contributed by atoms with Crippen LogP contribution in [0.4, 0.5) is 0 Å². The number of benzene rings is 1. The lowest BCUT2D eigenvalue weighted by molar-refractivity contribution is -0.130. The highest BCUT2D eigenvalue weighted by Gasteiger charge is 2.12. The van der Waals surface area contributed by atoms with Crippen LogP contribution in [0.25, 0.3) is 0 Å². The van der Waals surface area contributed by atoms with Crippen LogP contribution in [0, 0.1) is 0 Å². The number of nitrogens with two attached hydrogens (primary N) is 1. The Balaban J connectivity index is 2.84. The maximum atomic E-state index is 11.4. The van der Waals surface area contributed by atoms with Crippen LogP contribution >= 0.6 is 0 Å². The fourth-order valence-corrected chi connectivity index (χ4v) is 1.31. The first kappa shape index (κ1) is 13.3. The average molecular weight is 238 g/mol. The van der Waals surface area contributed by atoms with Crippen LogP contribution in [0.15, 0.2) is 18.2 Å². The minimum Gasteiger partial charge on any atom is -0.493 e. The molecule has 0 saturated heterocycles. The molecule has 1 rings (SSSR count). The summed E-state index contributed by atoms with van der Waals surface area (Å²) in [5, 5.41) is 0. The summed E-state index contributed by atoms with van der Waals surface area (Å²) in [5.41, 5.74) is 6.43. The van der Waals surface area contributed by atoms with Crippen molar-refractivity contribution in [2.75, 3.05) is 27.8 Å². The van der Waals surface area contributed by atoms with Gasteiger partial charge in [-0.1, -0.05) is 12.1 Å². The molecule has 0 unspecified atom stereocenters. The van der Waals surface area contributed by atoms with Crippen molar-refractivity contribution in [3.8, 4) is 11.5 Å². The Morgan fingerprint density at radius 2 is 2.12 bits per heavy atom. The average Bonchev–Trinajstić information content (AvgIpc) is 2.34. The molecule has 1 aromatic rings. The van der Waals surface area contributed by atoms with E-state index in [4.69, 9.17) is 15.2 Å². The monoisotopic (exact) mass is 238 g/mol. The van der Waals surface area contributed by atoms with Crippen molar-refractivity contribution in [2.24, 2.45) is 5.73 Å². The van der Waals surface area contributed by atoms with Crippen LogP contribution < -0.4 is 15.2 Å². The van der Waals surface area contributed by atoms with Gasteiger partial charge in [0, 0.05) is 26.2 Å². The minimum absolute atomic E-state index is 0.0274. The topological polar surface area (TPSA) is 64.8 Å². The molecule has 0 aliphatic carbocycles. The van der Waals surface area contributed by atoms with E-state index in [2.05, 4.69) is 0 Å². The highest BCUT2D eigenvalue weighted by Crippen LogP contribution is 2.30. The zero-order valence-electron chi connectivity index (χ0n) is 10.4. The van der Waals surface area contributed by atoms with Crippen LogP contribution in [0.5, 0.6) is 11.5 Å². The number of ether oxygens (including phenoxy) is 2. The summed E-state index contributed by atoms with van der Waals surface area (Å²) in [6.45, 7) is 0.309. The molecule has 17 heavy (non-hydrogen) atoms. The number of methoxy groups -OCH3 is 1. The van der Waals surface area contributed by atoms with Crippen molar-refractivity contribution in [3.05, 3.63) is 23.8 Å². The number of hydrogen-bond acceptors (Lipinski definition) is 4. The molecule has 0 radical (unpaired) electrons. The third kappa shape index (κ3) is 3.35. The van der Waals surface area contributed by atoms with Crippen molar-refractivity contribution in [1.29, 1.82) is 0 Å². The van der Waals surface area contributed by atoms with Crippen LogP contribution in [0.2, 0.25) is 0 Å². The van der Waals surface area contributed by atoms with Crippen molar-refractivity contribution in [3.63, 3.8) is 0 Å². The number of carbonyl (C=O) groups is 1. The Morgan fingerprint density at radius 1 is 1.41 bits per heavy atom. The Labute approximate surface area is 101 Å². The third-order valence-electron chi connectivity index (χ3n) is 2.34. The van der Waals surface area contributed by atoms with Crippen molar-refractivity contribution in [1.82, 2.24) is 4.90 Å². The van der Waals surface area contributed by atoms with E-state index >= 15 is 0 Å². The second-order valence-electron chi connectivity index (χ2n) is 3.73. The van der Waals surface area contributed by atoms with E-state index in [0.717, 1.165) is 5.56 Å². The Kier molecular flexibility index (Phi) is 4.78. The predicted octanol–water partition coefficient (Wildman–Crippen LogP) is 0.621. The van der Waals surface area contributed by atoms with Gasteiger partial charge >= 0.3 is 0 Å². The minimum atomic E-state index is -0.112. The number of likely N-dealkylation sites (N-methyl/N-ethyl adjacent to an activating group) is 1. The van der Waals surface area contributed by atoms with Gasteiger partial charge in [0.25, 0.3) is 5.91 Å². The summed E-state index contributed by atoms with van der Waals surface area (Å²) in [7, 11) is 4.91. The van der Waals surface area contributed by atoms with Crippen LogP contribution in [-0.4, -0.2) is 38.6 Å². The maximum Gasteiger partial charge on any atom is 0.259 e. The third-order valence-corrected chi connectivity index (χ3v) is 2.34. The predicted molar refractivity (Wildman–Crippen MR) is 65.1 cm³/mol. The summed E-state index contributed by atoms with van der Waals surface area (Å²) in [4.78, 5) is 12.9. The van der Waals surface area contributed by atoms with Crippen LogP contribution in [0.3, 0.4) is 0 Å². The van der Waals surface area contributed by atoms with E-state index in [0.29, 0.717) is 18.0 Å². The number of nitrogens with zero attached hydrogens (tertiary/aromatic N) is 1. The molecule has 0 spiro atoms. The quantitative estimate of drug-likeness (QED) is 0.816. The molecule has 94 valence electrons. The van der Waals surface area contributed by atoms with Gasteiger partial charge in [0.2, 0.25) is 0 Å². The van der Waals surface area contributed by atoms with Gasteiger partial charge in [0.15, 0.2) is 18.1 Å². The molecule has 5 nitrogen and oxygen atoms in total. The zero-order valence-corrected chi connectivity index (χ0v) is 10.4. The van der Waals surface area contributed by atoms with Crippen molar-refractivity contribution < 1.29 is 14.3 Å². The lowest BCUT2D eigenvalue weighted by Crippen LogP contribution is -2.27. The first-order valence-electron chi connectivity index (χ1n) is 5.29. The fraction of sp³-hybridized carbons (Fsp3) is 0.417. The first-order chi connectivity index (χ1) is 8.10. The molecule has 1 amide bonds. The molecule has 0 atom stereocenters. The summed E-state index contributed by atoms with van der Waals surface area (Å²) >= 11 is 0. The zero-order chi connectivity index (χ0) is 12.8. The summed E-state index contributed by atoms with van der Waals surface area (Å²) in [5.74, 6) is 1.01. The van der Waals surface area contributed by atoms with E-state index in [1.807, 2.05) is 12.1 Å².